The second kappa shape index (κ2) is 6.90. The van der Waals surface area contributed by atoms with Crippen LogP contribution >= 0.6 is 11.8 Å². The molecule has 5 nitrogen and oxygen atoms in total. The van der Waals surface area contributed by atoms with Crippen LogP contribution < -0.4 is 0 Å². The van der Waals surface area contributed by atoms with E-state index in [9.17, 15) is 9.59 Å². The van der Waals surface area contributed by atoms with E-state index in [0.717, 1.165) is 51.2 Å². The van der Waals surface area contributed by atoms with Gasteiger partial charge in [-0.2, -0.15) is 11.8 Å². The van der Waals surface area contributed by atoms with Gasteiger partial charge in [0.25, 0.3) is 0 Å². The molecule has 2 aliphatic rings. The summed E-state index contributed by atoms with van der Waals surface area (Å²) in [7, 11) is 0. The van der Waals surface area contributed by atoms with Crippen molar-refractivity contribution in [3.63, 3.8) is 0 Å². The summed E-state index contributed by atoms with van der Waals surface area (Å²) in [5.41, 5.74) is 0. The maximum atomic E-state index is 12.6. The number of hydrogen-bond donors (Lipinski definition) is 1. The summed E-state index contributed by atoms with van der Waals surface area (Å²) in [6, 6.07) is 0.167. The van der Waals surface area contributed by atoms with E-state index in [1.165, 1.54) is 0 Å². The molecular formula is C15H26N2O3S. The Hall–Kier alpha value is -0.910. The standard InChI is InChI=1S/C15H26N2O3S/c1-15(2)11-17(9-10-21-15)14(20)16-7-5-12(6-8-16)3-4-13(18)19/h12H,3-11H2,1-2H3,(H,18,19). The molecule has 2 saturated heterocycles. The fraction of sp³-hybridized carbons (Fsp3) is 0.867. The largest absolute Gasteiger partial charge is 0.481 e. The molecule has 0 spiro atoms. The van der Waals surface area contributed by atoms with Crippen LogP contribution in [0, 0.1) is 5.92 Å². The molecule has 0 bridgehead atoms. The molecule has 2 heterocycles. The first-order chi connectivity index (χ1) is 9.87. The molecule has 6 heteroatoms. The van der Waals surface area contributed by atoms with Crippen molar-refractivity contribution in [2.75, 3.05) is 31.9 Å². The Balaban J connectivity index is 1.79. The lowest BCUT2D eigenvalue weighted by atomic mass is 9.92. The first-order valence-electron chi connectivity index (χ1n) is 7.77. The predicted molar refractivity (Wildman–Crippen MR) is 84.7 cm³/mol. The van der Waals surface area contributed by atoms with Crippen LogP contribution in [0.3, 0.4) is 0 Å². The Morgan fingerprint density at radius 3 is 2.43 bits per heavy atom. The molecule has 0 unspecified atom stereocenters. The summed E-state index contributed by atoms with van der Waals surface area (Å²) in [6.07, 6.45) is 2.86. The SMILES string of the molecule is CC1(C)CN(C(=O)N2CCC(CCC(=O)O)CC2)CCS1. The summed E-state index contributed by atoms with van der Waals surface area (Å²) in [5, 5.41) is 8.73. The molecule has 21 heavy (non-hydrogen) atoms. The third-order valence-electron chi connectivity index (χ3n) is 4.35. The number of carboxylic acid groups (broad SMARTS) is 1. The Labute approximate surface area is 131 Å². The average molecular weight is 314 g/mol. The lowest BCUT2D eigenvalue weighted by Crippen LogP contribution is -2.53. The van der Waals surface area contributed by atoms with Crippen molar-refractivity contribution >= 4 is 23.8 Å². The Kier molecular flexibility index (Phi) is 5.41. The highest BCUT2D eigenvalue weighted by Gasteiger charge is 2.33. The molecule has 1 N–H and O–H groups in total. The number of likely N-dealkylation sites (tertiary alicyclic amines) is 1. The van der Waals surface area contributed by atoms with Crippen molar-refractivity contribution in [3.05, 3.63) is 0 Å². The average Bonchev–Trinajstić information content (AvgIpc) is 2.44. The van der Waals surface area contributed by atoms with E-state index in [-0.39, 0.29) is 17.2 Å². The van der Waals surface area contributed by atoms with Crippen molar-refractivity contribution in [1.82, 2.24) is 9.80 Å². The maximum absolute atomic E-state index is 12.6. The number of piperidine rings is 1. The van der Waals surface area contributed by atoms with Crippen LogP contribution in [0.1, 0.15) is 39.5 Å². The first-order valence-corrected chi connectivity index (χ1v) is 8.75. The van der Waals surface area contributed by atoms with Crippen molar-refractivity contribution in [1.29, 1.82) is 0 Å². The Bertz CT molecular complexity index is 392. The first kappa shape index (κ1) is 16.5. The molecule has 0 aliphatic carbocycles. The normalized spacial score (nSPS) is 23.1. The van der Waals surface area contributed by atoms with Gasteiger partial charge in [0.15, 0.2) is 0 Å². The fourth-order valence-corrected chi connectivity index (χ4v) is 4.23. The van der Waals surface area contributed by atoms with E-state index in [1.807, 2.05) is 21.6 Å². The third kappa shape index (κ3) is 4.80. The summed E-state index contributed by atoms with van der Waals surface area (Å²) in [4.78, 5) is 27.1. The zero-order valence-electron chi connectivity index (χ0n) is 13.0. The molecule has 0 saturated carbocycles. The summed E-state index contributed by atoms with van der Waals surface area (Å²) >= 11 is 1.93. The molecule has 2 amide bonds. The van der Waals surface area contributed by atoms with Crippen LogP contribution in [0.5, 0.6) is 0 Å². The minimum Gasteiger partial charge on any atom is -0.481 e. The highest BCUT2D eigenvalue weighted by atomic mass is 32.2. The highest BCUT2D eigenvalue weighted by molar-refractivity contribution is 8.00. The lowest BCUT2D eigenvalue weighted by molar-refractivity contribution is -0.137. The minimum atomic E-state index is -0.721. The van der Waals surface area contributed by atoms with Crippen LogP contribution in [-0.4, -0.2) is 63.6 Å². The molecule has 0 radical (unpaired) electrons. The van der Waals surface area contributed by atoms with Crippen LogP contribution in [0.15, 0.2) is 0 Å². The van der Waals surface area contributed by atoms with Gasteiger partial charge < -0.3 is 14.9 Å². The van der Waals surface area contributed by atoms with Crippen LogP contribution in [0.4, 0.5) is 4.79 Å². The van der Waals surface area contributed by atoms with Gasteiger partial charge in [0.2, 0.25) is 0 Å². The number of nitrogens with zero attached hydrogens (tertiary/aromatic N) is 2. The van der Waals surface area contributed by atoms with Gasteiger partial charge in [-0.15, -0.1) is 0 Å². The second-order valence-electron chi connectivity index (χ2n) is 6.68. The molecule has 2 aliphatic heterocycles. The summed E-state index contributed by atoms with van der Waals surface area (Å²) < 4.78 is 0.147. The van der Waals surface area contributed by atoms with Gasteiger partial charge >= 0.3 is 12.0 Å². The van der Waals surface area contributed by atoms with Gasteiger partial charge in [0.1, 0.15) is 0 Å². The molecule has 0 aromatic heterocycles. The van der Waals surface area contributed by atoms with E-state index in [4.69, 9.17) is 5.11 Å². The van der Waals surface area contributed by atoms with Crippen LogP contribution in [-0.2, 0) is 4.79 Å². The van der Waals surface area contributed by atoms with Crippen molar-refractivity contribution in [2.45, 2.75) is 44.3 Å². The monoisotopic (exact) mass is 314 g/mol. The van der Waals surface area contributed by atoms with E-state index in [2.05, 4.69) is 13.8 Å². The second-order valence-corrected chi connectivity index (χ2v) is 8.48. The van der Waals surface area contributed by atoms with E-state index >= 15 is 0 Å². The topological polar surface area (TPSA) is 60.9 Å². The van der Waals surface area contributed by atoms with Crippen molar-refractivity contribution in [2.24, 2.45) is 5.92 Å². The Morgan fingerprint density at radius 1 is 1.19 bits per heavy atom. The maximum Gasteiger partial charge on any atom is 0.320 e. The van der Waals surface area contributed by atoms with Gasteiger partial charge in [-0.3, -0.25) is 4.79 Å². The molecule has 2 rings (SSSR count). The smallest absolute Gasteiger partial charge is 0.320 e. The number of carbonyl (C=O) groups is 2. The number of thioether (sulfide) groups is 1. The zero-order chi connectivity index (χ0) is 15.5. The molecule has 120 valence electrons. The number of urea groups is 1. The quantitative estimate of drug-likeness (QED) is 0.869. The fourth-order valence-electron chi connectivity index (χ4n) is 3.12. The number of carboxylic acids is 1. The van der Waals surface area contributed by atoms with Gasteiger partial charge in [0.05, 0.1) is 0 Å². The van der Waals surface area contributed by atoms with Gasteiger partial charge in [0, 0.05) is 43.1 Å². The Morgan fingerprint density at radius 2 is 1.86 bits per heavy atom. The number of rotatable bonds is 3. The zero-order valence-corrected chi connectivity index (χ0v) is 13.8. The molecule has 0 atom stereocenters. The minimum absolute atomic E-state index is 0.147. The number of amides is 2. The van der Waals surface area contributed by atoms with Gasteiger partial charge in [-0.1, -0.05) is 0 Å². The molecule has 0 aromatic rings. The van der Waals surface area contributed by atoms with Crippen molar-refractivity contribution < 1.29 is 14.7 Å². The van der Waals surface area contributed by atoms with E-state index in [0.29, 0.717) is 5.92 Å². The van der Waals surface area contributed by atoms with Crippen molar-refractivity contribution in [3.8, 4) is 0 Å². The van der Waals surface area contributed by atoms with Gasteiger partial charge in [-0.05, 0) is 39.0 Å². The van der Waals surface area contributed by atoms with E-state index in [1.54, 1.807) is 0 Å². The number of aliphatic carboxylic acids is 1. The predicted octanol–water partition coefficient (Wildman–Crippen LogP) is 2.51. The number of carbonyl (C=O) groups excluding carboxylic acids is 1. The number of hydrogen-bond acceptors (Lipinski definition) is 3. The van der Waals surface area contributed by atoms with Crippen LogP contribution in [0.2, 0.25) is 0 Å². The van der Waals surface area contributed by atoms with Gasteiger partial charge in [-0.25, -0.2) is 4.79 Å². The lowest BCUT2D eigenvalue weighted by Gasteiger charge is -2.41. The molecular weight excluding hydrogens is 288 g/mol. The third-order valence-corrected chi connectivity index (χ3v) is 5.64. The molecule has 0 aromatic carbocycles. The van der Waals surface area contributed by atoms with E-state index < -0.39 is 5.97 Å². The summed E-state index contributed by atoms with van der Waals surface area (Å²) in [5.74, 6) is 0.744. The van der Waals surface area contributed by atoms with Crippen LogP contribution in [0.25, 0.3) is 0 Å². The highest BCUT2D eigenvalue weighted by Crippen LogP contribution is 2.30. The summed E-state index contributed by atoms with van der Waals surface area (Å²) in [6.45, 7) is 7.58. The molecule has 2 fully saturated rings.